The number of anilines is 1. The van der Waals surface area contributed by atoms with Gasteiger partial charge in [0.1, 0.15) is 5.69 Å². The van der Waals surface area contributed by atoms with Crippen molar-refractivity contribution in [1.82, 2.24) is 4.31 Å². The number of nitrogens with one attached hydrogen (secondary N) is 1. The highest BCUT2D eigenvalue weighted by molar-refractivity contribution is 7.89. The molecule has 9 heteroatoms. The van der Waals surface area contributed by atoms with E-state index in [0.29, 0.717) is 6.54 Å². The van der Waals surface area contributed by atoms with E-state index in [-0.39, 0.29) is 16.3 Å². The standard InChI is InChI=1S/C9H14N4O4S/c1-3-12(2)18(16,17)7-4-5-9(13(14)15)8(6-7)11-10/h4-6,11H,3,10H2,1-2H3. The van der Waals surface area contributed by atoms with Gasteiger partial charge < -0.3 is 5.43 Å². The number of nitrogens with two attached hydrogens (primary N) is 1. The van der Waals surface area contributed by atoms with Crippen LogP contribution in [-0.2, 0) is 10.0 Å². The lowest BCUT2D eigenvalue weighted by atomic mass is 10.3. The first kappa shape index (κ1) is 14.4. The first-order valence-electron chi connectivity index (χ1n) is 5.06. The van der Waals surface area contributed by atoms with Crippen LogP contribution in [0.4, 0.5) is 11.4 Å². The van der Waals surface area contributed by atoms with Gasteiger partial charge in [-0.1, -0.05) is 6.92 Å². The molecule has 0 saturated carbocycles. The van der Waals surface area contributed by atoms with E-state index in [4.69, 9.17) is 5.84 Å². The molecule has 0 radical (unpaired) electrons. The van der Waals surface area contributed by atoms with Crippen molar-refractivity contribution in [3.63, 3.8) is 0 Å². The first-order chi connectivity index (χ1) is 8.34. The molecule has 0 saturated heterocycles. The Kier molecular flexibility index (Phi) is 4.22. The molecule has 0 aliphatic carbocycles. The summed E-state index contributed by atoms with van der Waals surface area (Å²) in [6.45, 7) is 1.98. The highest BCUT2D eigenvalue weighted by atomic mass is 32.2. The van der Waals surface area contributed by atoms with Gasteiger partial charge in [-0.05, 0) is 12.1 Å². The molecule has 1 rings (SSSR count). The largest absolute Gasteiger partial charge is 0.318 e. The van der Waals surface area contributed by atoms with Gasteiger partial charge in [-0.25, -0.2) is 12.7 Å². The molecule has 3 N–H and O–H groups in total. The van der Waals surface area contributed by atoms with Crippen LogP contribution in [-0.4, -0.2) is 31.2 Å². The molecule has 18 heavy (non-hydrogen) atoms. The van der Waals surface area contributed by atoms with E-state index in [9.17, 15) is 18.5 Å². The molecule has 0 unspecified atom stereocenters. The minimum Gasteiger partial charge on any atom is -0.318 e. The van der Waals surface area contributed by atoms with Crippen molar-refractivity contribution in [3.05, 3.63) is 28.3 Å². The van der Waals surface area contributed by atoms with Crippen LogP contribution in [0.1, 0.15) is 6.92 Å². The third-order valence-corrected chi connectivity index (χ3v) is 4.40. The van der Waals surface area contributed by atoms with Crippen LogP contribution in [0.15, 0.2) is 23.1 Å². The fourth-order valence-electron chi connectivity index (χ4n) is 1.30. The Morgan fingerprint density at radius 1 is 1.50 bits per heavy atom. The van der Waals surface area contributed by atoms with Gasteiger partial charge in [0.05, 0.1) is 9.82 Å². The lowest BCUT2D eigenvalue weighted by Gasteiger charge is -2.15. The summed E-state index contributed by atoms with van der Waals surface area (Å²) in [4.78, 5) is 9.99. The Labute approximate surface area is 105 Å². The fraction of sp³-hybridized carbons (Fsp3) is 0.333. The average Bonchev–Trinajstić information content (AvgIpc) is 2.36. The Balaban J connectivity index is 3.34. The molecule has 8 nitrogen and oxygen atoms in total. The number of nitrogens with zero attached hydrogens (tertiary/aromatic N) is 2. The maximum atomic E-state index is 12.0. The molecular formula is C9H14N4O4S. The zero-order chi connectivity index (χ0) is 13.9. The van der Waals surface area contributed by atoms with Gasteiger partial charge in [-0.2, -0.15) is 0 Å². The maximum Gasteiger partial charge on any atom is 0.293 e. The summed E-state index contributed by atoms with van der Waals surface area (Å²) in [5, 5.41) is 10.7. The Morgan fingerprint density at radius 3 is 2.56 bits per heavy atom. The van der Waals surface area contributed by atoms with Crippen molar-refractivity contribution < 1.29 is 13.3 Å². The van der Waals surface area contributed by atoms with Crippen LogP contribution in [0.25, 0.3) is 0 Å². The van der Waals surface area contributed by atoms with Crippen molar-refractivity contribution in [2.24, 2.45) is 5.84 Å². The minimum atomic E-state index is -3.65. The lowest BCUT2D eigenvalue weighted by Crippen LogP contribution is -2.26. The number of hydrogen-bond acceptors (Lipinski definition) is 6. The Morgan fingerprint density at radius 2 is 2.11 bits per heavy atom. The van der Waals surface area contributed by atoms with Crippen molar-refractivity contribution in [2.75, 3.05) is 19.0 Å². The molecule has 0 bridgehead atoms. The van der Waals surface area contributed by atoms with Crippen LogP contribution < -0.4 is 11.3 Å². The molecule has 0 atom stereocenters. The van der Waals surface area contributed by atoms with Crippen molar-refractivity contribution >= 4 is 21.4 Å². The second-order valence-electron chi connectivity index (χ2n) is 3.50. The van der Waals surface area contributed by atoms with E-state index >= 15 is 0 Å². The predicted molar refractivity (Wildman–Crippen MR) is 66.4 cm³/mol. The minimum absolute atomic E-state index is 0.0504. The number of sulfonamides is 1. The van der Waals surface area contributed by atoms with Gasteiger partial charge in [0.25, 0.3) is 5.69 Å². The van der Waals surface area contributed by atoms with Crippen molar-refractivity contribution in [1.29, 1.82) is 0 Å². The predicted octanol–water partition coefficient (Wildman–Crippen LogP) is 0.521. The second kappa shape index (κ2) is 5.29. The van der Waals surface area contributed by atoms with E-state index < -0.39 is 14.9 Å². The number of nitro groups is 1. The maximum absolute atomic E-state index is 12.0. The van der Waals surface area contributed by atoms with Crippen LogP contribution in [0.2, 0.25) is 0 Å². The number of nitrogen functional groups attached to an aromatic ring is 1. The number of rotatable bonds is 5. The van der Waals surface area contributed by atoms with Crippen molar-refractivity contribution in [2.45, 2.75) is 11.8 Å². The molecule has 0 spiro atoms. The summed E-state index contributed by atoms with van der Waals surface area (Å²) in [5.74, 6) is 5.15. The number of benzene rings is 1. The van der Waals surface area contributed by atoms with E-state index in [1.165, 1.54) is 13.1 Å². The lowest BCUT2D eigenvalue weighted by molar-refractivity contribution is -0.384. The summed E-state index contributed by atoms with van der Waals surface area (Å²) in [6, 6.07) is 3.42. The number of hydrogen-bond donors (Lipinski definition) is 2. The van der Waals surface area contributed by atoms with Gasteiger partial charge in [-0.15, -0.1) is 0 Å². The molecule has 100 valence electrons. The third kappa shape index (κ3) is 2.58. The summed E-state index contributed by atoms with van der Waals surface area (Å²) < 4.78 is 25.1. The zero-order valence-corrected chi connectivity index (χ0v) is 10.8. The topological polar surface area (TPSA) is 119 Å². The normalized spacial score (nSPS) is 11.6. The Bertz CT molecular complexity index is 558. The first-order valence-corrected chi connectivity index (χ1v) is 6.50. The van der Waals surface area contributed by atoms with E-state index in [1.54, 1.807) is 6.92 Å². The van der Waals surface area contributed by atoms with Crippen molar-refractivity contribution in [3.8, 4) is 0 Å². The highest BCUT2D eigenvalue weighted by Crippen LogP contribution is 2.27. The molecule has 0 amide bonds. The summed E-state index contributed by atoms with van der Waals surface area (Å²) >= 11 is 0. The van der Waals surface area contributed by atoms with Gasteiger partial charge in [-0.3, -0.25) is 16.0 Å². The van der Waals surface area contributed by atoms with E-state index in [1.807, 2.05) is 0 Å². The van der Waals surface area contributed by atoms with E-state index in [0.717, 1.165) is 16.4 Å². The molecule has 1 aromatic rings. The van der Waals surface area contributed by atoms with Gasteiger partial charge >= 0.3 is 0 Å². The molecule has 0 aliphatic heterocycles. The van der Waals surface area contributed by atoms with Crippen LogP contribution >= 0.6 is 0 Å². The average molecular weight is 274 g/mol. The van der Waals surface area contributed by atoms with E-state index in [2.05, 4.69) is 5.43 Å². The second-order valence-corrected chi connectivity index (χ2v) is 5.54. The molecule has 0 aromatic heterocycles. The van der Waals surface area contributed by atoms with Crippen LogP contribution in [0.3, 0.4) is 0 Å². The van der Waals surface area contributed by atoms with Gasteiger partial charge in [0, 0.05) is 19.7 Å². The molecular weight excluding hydrogens is 260 g/mol. The summed E-state index contributed by atoms with van der Waals surface area (Å²) in [7, 11) is -2.23. The number of hydrazine groups is 1. The molecule has 1 aromatic carbocycles. The summed E-state index contributed by atoms with van der Waals surface area (Å²) in [6.07, 6.45) is 0. The molecule has 0 fully saturated rings. The third-order valence-electron chi connectivity index (χ3n) is 2.47. The Hall–Kier alpha value is -1.71. The quantitative estimate of drug-likeness (QED) is 0.459. The van der Waals surface area contributed by atoms with Crippen LogP contribution in [0, 0.1) is 10.1 Å². The highest BCUT2D eigenvalue weighted by Gasteiger charge is 2.23. The SMILES string of the molecule is CCN(C)S(=O)(=O)c1ccc([N+](=O)[O-])c(NN)c1. The van der Waals surface area contributed by atoms with Gasteiger partial charge in [0.15, 0.2) is 0 Å². The molecule has 0 aliphatic rings. The summed E-state index contributed by atoms with van der Waals surface area (Å²) in [5.41, 5.74) is 1.79. The smallest absolute Gasteiger partial charge is 0.293 e. The van der Waals surface area contributed by atoms with Crippen LogP contribution in [0.5, 0.6) is 0 Å². The molecule has 0 heterocycles. The number of nitro benzene ring substituents is 1. The fourth-order valence-corrected chi connectivity index (χ4v) is 2.51. The zero-order valence-electron chi connectivity index (χ0n) is 9.95. The van der Waals surface area contributed by atoms with Gasteiger partial charge in [0.2, 0.25) is 10.0 Å². The monoisotopic (exact) mass is 274 g/mol.